The lowest BCUT2D eigenvalue weighted by molar-refractivity contribution is 0.0636. The SMILES string of the molecule is Cc1cc(C#N)ncc1Oc1cc(NC(=O)OC(C)(C)C)c2ncn(C)c2n1. The zero-order chi connectivity index (χ0) is 20.5. The number of carbonyl (C=O) groups is 1. The van der Waals surface area contributed by atoms with Crippen molar-refractivity contribution in [2.75, 3.05) is 5.32 Å². The van der Waals surface area contributed by atoms with E-state index >= 15 is 0 Å². The topological polar surface area (TPSA) is 115 Å². The van der Waals surface area contributed by atoms with E-state index in [1.807, 2.05) is 6.07 Å². The fourth-order valence-corrected chi connectivity index (χ4v) is 2.46. The van der Waals surface area contributed by atoms with Crippen LogP contribution < -0.4 is 10.1 Å². The Bertz CT molecular complexity index is 1090. The van der Waals surface area contributed by atoms with Gasteiger partial charge in [-0.3, -0.25) is 5.32 Å². The number of aromatic nitrogens is 4. The van der Waals surface area contributed by atoms with Crippen LogP contribution in [0, 0.1) is 18.3 Å². The normalized spacial score (nSPS) is 11.1. The number of nitriles is 1. The Morgan fingerprint density at radius 3 is 2.68 bits per heavy atom. The summed E-state index contributed by atoms with van der Waals surface area (Å²) in [5, 5.41) is 11.6. The number of hydrogen-bond acceptors (Lipinski definition) is 7. The van der Waals surface area contributed by atoms with E-state index in [2.05, 4.69) is 20.3 Å². The van der Waals surface area contributed by atoms with Gasteiger partial charge in [0.25, 0.3) is 0 Å². The van der Waals surface area contributed by atoms with Gasteiger partial charge < -0.3 is 14.0 Å². The van der Waals surface area contributed by atoms with Gasteiger partial charge in [0.2, 0.25) is 5.88 Å². The van der Waals surface area contributed by atoms with E-state index in [0.717, 1.165) is 5.56 Å². The van der Waals surface area contributed by atoms with E-state index in [1.165, 1.54) is 6.20 Å². The number of nitrogens with one attached hydrogen (secondary N) is 1. The molecule has 0 saturated heterocycles. The number of ether oxygens (including phenoxy) is 2. The van der Waals surface area contributed by atoms with Crippen molar-refractivity contribution < 1.29 is 14.3 Å². The second-order valence-electron chi connectivity index (χ2n) is 7.21. The number of aryl methyl sites for hydroxylation is 2. The predicted octanol–water partition coefficient (Wildman–Crippen LogP) is 3.68. The van der Waals surface area contributed by atoms with Crippen LogP contribution in [0.15, 0.2) is 24.7 Å². The maximum absolute atomic E-state index is 12.2. The number of rotatable bonds is 3. The zero-order valence-corrected chi connectivity index (χ0v) is 16.3. The molecule has 0 spiro atoms. The van der Waals surface area contributed by atoms with Crippen LogP contribution in [-0.2, 0) is 11.8 Å². The summed E-state index contributed by atoms with van der Waals surface area (Å²) in [5.74, 6) is 0.702. The molecular formula is C19H20N6O3. The molecule has 1 N–H and O–H groups in total. The van der Waals surface area contributed by atoms with Crippen LogP contribution >= 0.6 is 0 Å². The van der Waals surface area contributed by atoms with Gasteiger partial charge in [-0.15, -0.1) is 0 Å². The summed E-state index contributed by atoms with van der Waals surface area (Å²) < 4.78 is 12.9. The molecular weight excluding hydrogens is 360 g/mol. The second-order valence-corrected chi connectivity index (χ2v) is 7.21. The number of fused-ring (bicyclic) bond motifs is 1. The first kappa shape index (κ1) is 19.1. The molecule has 3 aromatic rings. The minimum Gasteiger partial charge on any atom is -0.444 e. The molecule has 0 saturated carbocycles. The lowest BCUT2D eigenvalue weighted by atomic mass is 10.2. The summed E-state index contributed by atoms with van der Waals surface area (Å²) in [4.78, 5) is 24.9. The Hall–Kier alpha value is -3.67. The lowest BCUT2D eigenvalue weighted by Gasteiger charge is -2.20. The summed E-state index contributed by atoms with van der Waals surface area (Å²) in [6.07, 6.45) is 2.45. The van der Waals surface area contributed by atoms with Gasteiger partial charge in [0, 0.05) is 13.1 Å². The molecule has 0 aliphatic heterocycles. The third kappa shape index (κ3) is 4.17. The van der Waals surface area contributed by atoms with Crippen LogP contribution in [0.5, 0.6) is 11.6 Å². The van der Waals surface area contributed by atoms with Crippen LogP contribution in [0.3, 0.4) is 0 Å². The quantitative estimate of drug-likeness (QED) is 0.737. The van der Waals surface area contributed by atoms with Gasteiger partial charge in [-0.1, -0.05) is 0 Å². The highest BCUT2D eigenvalue weighted by molar-refractivity contribution is 5.96. The predicted molar refractivity (Wildman–Crippen MR) is 102 cm³/mol. The molecule has 9 nitrogen and oxygen atoms in total. The number of imidazole rings is 1. The van der Waals surface area contributed by atoms with Crippen LogP contribution in [0.1, 0.15) is 32.0 Å². The van der Waals surface area contributed by atoms with Crippen molar-refractivity contribution in [1.29, 1.82) is 5.26 Å². The molecule has 3 aromatic heterocycles. The van der Waals surface area contributed by atoms with E-state index < -0.39 is 11.7 Å². The molecule has 0 aliphatic rings. The van der Waals surface area contributed by atoms with Crippen molar-refractivity contribution in [3.63, 3.8) is 0 Å². The summed E-state index contributed by atoms with van der Waals surface area (Å²) in [6, 6.07) is 5.17. The number of pyridine rings is 2. The Kier molecular flexibility index (Phi) is 4.88. The highest BCUT2D eigenvalue weighted by Gasteiger charge is 2.19. The van der Waals surface area contributed by atoms with Gasteiger partial charge in [-0.05, 0) is 39.3 Å². The zero-order valence-electron chi connectivity index (χ0n) is 16.3. The average molecular weight is 380 g/mol. The fourth-order valence-electron chi connectivity index (χ4n) is 2.46. The largest absolute Gasteiger partial charge is 0.444 e. The standard InChI is InChI=1S/C19H20N6O3/c1-11-6-12(8-20)21-9-14(11)27-15-7-13(23-18(26)28-19(2,3)4)16-17(24-15)25(5)10-22-16/h6-7,9-10H,1-5H3,(H,23,24,26). The van der Waals surface area contributed by atoms with Gasteiger partial charge in [-0.2, -0.15) is 10.2 Å². The molecule has 0 bridgehead atoms. The van der Waals surface area contributed by atoms with Gasteiger partial charge in [0.1, 0.15) is 22.9 Å². The summed E-state index contributed by atoms with van der Waals surface area (Å²) in [5.41, 5.74) is 1.85. The maximum Gasteiger partial charge on any atom is 0.412 e. The van der Waals surface area contributed by atoms with Crippen molar-refractivity contribution in [3.05, 3.63) is 35.9 Å². The molecule has 0 unspecified atom stereocenters. The van der Waals surface area contributed by atoms with Crippen molar-refractivity contribution >= 4 is 22.9 Å². The van der Waals surface area contributed by atoms with Crippen molar-refractivity contribution in [2.24, 2.45) is 7.05 Å². The first-order chi connectivity index (χ1) is 13.2. The van der Waals surface area contributed by atoms with E-state index in [4.69, 9.17) is 14.7 Å². The first-order valence-electron chi connectivity index (χ1n) is 8.53. The van der Waals surface area contributed by atoms with E-state index in [1.54, 1.807) is 57.8 Å². The number of hydrogen-bond donors (Lipinski definition) is 1. The Balaban J connectivity index is 1.97. The molecule has 3 rings (SSSR count). The molecule has 28 heavy (non-hydrogen) atoms. The number of nitrogens with zero attached hydrogens (tertiary/aromatic N) is 5. The minimum atomic E-state index is -0.634. The van der Waals surface area contributed by atoms with Gasteiger partial charge >= 0.3 is 6.09 Å². The van der Waals surface area contributed by atoms with Gasteiger partial charge in [0.15, 0.2) is 11.4 Å². The second kappa shape index (κ2) is 7.15. The highest BCUT2D eigenvalue weighted by Crippen LogP contribution is 2.30. The summed E-state index contributed by atoms with van der Waals surface area (Å²) >= 11 is 0. The third-order valence-corrected chi connectivity index (χ3v) is 3.67. The van der Waals surface area contributed by atoms with E-state index in [9.17, 15) is 4.79 Å². The van der Waals surface area contributed by atoms with Crippen LogP contribution in [0.25, 0.3) is 11.2 Å². The van der Waals surface area contributed by atoms with E-state index in [0.29, 0.717) is 28.3 Å². The average Bonchev–Trinajstić information content (AvgIpc) is 2.96. The Morgan fingerprint density at radius 1 is 1.29 bits per heavy atom. The van der Waals surface area contributed by atoms with Crippen LogP contribution in [0.4, 0.5) is 10.5 Å². The number of anilines is 1. The van der Waals surface area contributed by atoms with Crippen molar-refractivity contribution in [1.82, 2.24) is 19.5 Å². The molecule has 0 atom stereocenters. The Labute approximate surface area is 161 Å². The molecule has 3 heterocycles. The molecule has 0 fully saturated rings. The van der Waals surface area contributed by atoms with Gasteiger partial charge in [-0.25, -0.2) is 14.8 Å². The van der Waals surface area contributed by atoms with Crippen molar-refractivity contribution in [2.45, 2.75) is 33.3 Å². The molecule has 9 heteroatoms. The fraction of sp³-hybridized carbons (Fsp3) is 0.316. The maximum atomic E-state index is 12.2. The summed E-state index contributed by atoms with van der Waals surface area (Å²) in [6.45, 7) is 7.15. The highest BCUT2D eigenvalue weighted by atomic mass is 16.6. The lowest BCUT2D eigenvalue weighted by Crippen LogP contribution is -2.27. The molecule has 0 aromatic carbocycles. The monoisotopic (exact) mass is 380 g/mol. The molecule has 0 radical (unpaired) electrons. The first-order valence-corrected chi connectivity index (χ1v) is 8.53. The summed E-state index contributed by atoms with van der Waals surface area (Å²) in [7, 11) is 1.79. The third-order valence-electron chi connectivity index (χ3n) is 3.67. The smallest absolute Gasteiger partial charge is 0.412 e. The molecule has 1 amide bonds. The Morgan fingerprint density at radius 2 is 2.04 bits per heavy atom. The van der Waals surface area contributed by atoms with Gasteiger partial charge in [0.05, 0.1) is 18.2 Å². The van der Waals surface area contributed by atoms with Crippen LogP contribution in [0.2, 0.25) is 0 Å². The van der Waals surface area contributed by atoms with E-state index in [-0.39, 0.29) is 5.88 Å². The minimum absolute atomic E-state index is 0.247. The van der Waals surface area contributed by atoms with Crippen molar-refractivity contribution in [3.8, 4) is 17.7 Å². The number of carbonyl (C=O) groups excluding carboxylic acids is 1. The molecule has 0 aliphatic carbocycles. The number of amides is 1. The molecule has 144 valence electrons. The van der Waals surface area contributed by atoms with Crippen LogP contribution in [-0.4, -0.2) is 31.2 Å².